The van der Waals surface area contributed by atoms with Crippen molar-refractivity contribution in [2.24, 2.45) is 0 Å². The van der Waals surface area contributed by atoms with Gasteiger partial charge in [0.05, 0.1) is 10.5 Å². The van der Waals surface area contributed by atoms with Crippen molar-refractivity contribution in [1.82, 2.24) is 5.32 Å². The lowest BCUT2D eigenvalue weighted by Crippen LogP contribution is -2.36. The Morgan fingerprint density at radius 2 is 2.24 bits per heavy atom. The molecule has 1 aromatic rings. The molecule has 2 rings (SSSR count). The molecule has 1 heterocycles. The molecule has 0 spiro atoms. The summed E-state index contributed by atoms with van der Waals surface area (Å²) in [6.07, 6.45) is 0.756. The highest BCUT2D eigenvalue weighted by atomic mass is 79.9. The summed E-state index contributed by atoms with van der Waals surface area (Å²) < 4.78 is 13.9. The molecule has 0 saturated carbocycles. The summed E-state index contributed by atoms with van der Waals surface area (Å²) in [5.74, 6) is -0.330. The van der Waals surface area contributed by atoms with Crippen molar-refractivity contribution >= 4 is 27.5 Å². The number of carbonyl (C=O) groups is 1. The topological polar surface area (TPSA) is 32.3 Å². The average molecular weight is 301 g/mol. The quantitative estimate of drug-likeness (QED) is 0.908. The van der Waals surface area contributed by atoms with Gasteiger partial charge in [-0.1, -0.05) is 0 Å². The van der Waals surface area contributed by atoms with E-state index in [0.29, 0.717) is 16.7 Å². The zero-order valence-corrected chi connectivity index (χ0v) is 11.3. The minimum atomic E-state index is -0.341. The SMILES string of the molecule is CNC1CCN(c2cc(F)c(Br)cc2C)C1=O. The fourth-order valence-electron chi connectivity index (χ4n) is 2.11. The molecule has 1 N–H and O–H groups in total. The second-order valence-corrected chi connectivity index (χ2v) is 5.03. The van der Waals surface area contributed by atoms with Crippen LogP contribution in [0.5, 0.6) is 0 Å². The molecular weight excluding hydrogens is 287 g/mol. The summed E-state index contributed by atoms with van der Waals surface area (Å²) in [6, 6.07) is 2.96. The van der Waals surface area contributed by atoms with E-state index >= 15 is 0 Å². The van der Waals surface area contributed by atoms with Crippen molar-refractivity contribution in [3.63, 3.8) is 0 Å². The Labute approximate surface area is 108 Å². The van der Waals surface area contributed by atoms with Crippen molar-refractivity contribution in [1.29, 1.82) is 0 Å². The van der Waals surface area contributed by atoms with Crippen LogP contribution >= 0.6 is 15.9 Å². The lowest BCUT2D eigenvalue weighted by atomic mass is 10.2. The number of benzene rings is 1. The first-order chi connectivity index (χ1) is 8.04. The van der Waals surface area contributed by atoms with Gasteiger partial charge in [-0.3, -0.25) is 4.79 Å². The summed E-state index contributed by atoms with van der Waals surface area (Å²) in [4.78, 5) is 13.7. The van der Waals surface area contributed by atoms with Crippen molar-refractivity contribution in [2.75, 3.05) is 18.5 Å². The number of halogens is 2. The van der Waals surface area contributed by atoms with Crippen molar-refractivity contribution in [3.05, 3.63) is 28.0 Å². The lowest BCUT2D eigenvalue weighted by Gasteiger charge is -2.19. The molecule has 1 atom stereocenters. The van der Waals surface area contributed by atoms with Gasteiger partial charge in [0.15, 0.2) is 0 Å². The van der Waals surface area contributed by atoms with E-state index in [4.69, 9.17) is 0 Å². The number of likely N-dealkylation sites (N-methyl/N-ethyl adjacent to an activating group) is 1. The summed E-state index contributed by atoms with van der Waals surface area (Å²) in [5, 5.41) is 2.96. The number of nitrogens with zero attached hydrogens (tertiary/aromatic N) is 1. The Morgan fingerprint density at radius 3 is 2.82 bits per heavy atom. The van der Waals surface area contributed by atoms with E-state index in [2.05, 4.69) is 21.2 Å². The average Bonchev–Trinajstić information content (AvgIpc) is 2.65. The molecule has 0 aliphatic carbocycles. The van der Waals surface area contributed by atoms with Gasteiger partial charge >= 0.3 is 0 Å². The van der Waals surface area contributed by atoms with Crippen LogP contribution in [0.25, 0.3) is 0 Å². The van der Waals surface area contributed by atoms with E-state index in [1.807, 2.05) is 6.92 Å². The van der Waals surface area contributed by atoms with Crippen LogP contribution in [0.2, 0.25) is 0 Å². The summed E-state index contributed by atoms with van der Waals surface area (Å²) in [6.45, 7) is 2.51. The molecule has 1 aromatic carbocycles. The van der Waals surface area contributed by atoms with Gasteiger partial charge < -0.3 is 10.2 Å². The van der Waals surface area contributed by atoms with Gasteiger partial charge in [-0.2, -0.15) is 0 Å². The summed E-state index contributed by atoms with van der Waals surface area (Å²) in [5.41, 5.74) is 1.55. The molecule has 1 amide bonds. The maximum absolute atomic E-state index is 13.5. The molecule has 1 unspecified atom stereocenters. The molecule has 92 valence electrons. The van der Waals surface area contributed by atoms with Gasteiger partial charge in [-0.15, -0.1) is 0 Å². The minimum Gasteiger partial charge on any atom is -0.311 e. The third kappa shape index (κ3) is 2.21. The molecule has 1 aliphatic heterocycles. The number of anilines is 1. The summed E-state index contributed by atoms with van der Waals surface area (Å²) in [7, 11) is 1.76. The van der Waals surface area contributed by atoms with E-state index < -0.39 is 0 Å². The van der Waals surface area contributed by atoms with Gasteiger partial charge in [-0.05, 0) is 54.0 Å². The maximum Gasteiger partial charge on any atom is 0.244 e. The van der Waals surface area contributed by atoms with Crippen LogP contribution in [0.1, 0.15) is 12.0 Å². The van der Waals surface area contributed by atoms with E-state index in [9.17, 15) is 9.18 Å². The molecule has 1 aliphatic rings. The van der Waals surface area contributed by atoms with E-state index in [0.717, 1.165) is 12.0 Å². The predicted octanol–water partition coefficient (Wildman–Crippen LogP) is 2.22. The Morgan fingerprint density at radius 1 is 1.53 bits per heavy atom. The Hall–Kier alpha value is -0.940. The normalized spacial score (nSPS) is 20.1. The highest BCUT2D eigenvalue weighted by molar-refractivity contribution is 9.10. The van der Waals surface area contributed by atoms with E-state index in [1.54, 1.807) is 18.0 Å². The van der Waals surface area contributed by atoms with Gasteiger partial charge in [0.1, 0.15) is 5.82 Å². The van der Waals surface area contributed by atoms with Crippen LogP contribution in [0, 0.1) is 12.7 Å². The second kappa shape index (κ2) is 4.74. The van der Waals surface area contributed by atoms with E-state index in [-0.39, 0.29) is 17.8 Å². The molecule has 0 bridgehead atoms. The standard InChI is InChI=1S/C12H14BrFN2O/c1-7-5-8(13)9(14)6-11(7)16-4-3-10(15-2)12(16)17/h5-6,10,15H,3-4H2,1-2H3. The van der Waals surface area contributed by atoms with Gasteiger partial charge in [0.2, 0.25) is 5.91 Å². The first kappa shape index (κ1) is 12.5. The molecular formula is C12H14BrFN2O. The molecule has 17 heavy (non-hydrogen) atoms. The first-order valence-electron chi connectivity index (χ1n) is 5.49. The number of aryl methyl sites for hydroxylation is 1. The van der Waals surface area contributed by atoms with Crippen molar-refractivity contribution in [2.45, 2.75) is 19.4 Å². The maximum atomic E-state index is 13.5. The monoisotopic (exact) mass is 300 g/mol. The fraction of sp³-hybridized carbons (Fsp3) is 0.417. The number of nitrogens with one attached hydrogen (secondary N) is 1. The number of amides is 1. The fourth-order valence-corrected chi connectivity index (χ4v) is 2.57. The first-order valence-corrected chi connectivity index (χ1v) is 6.28. The number of rotatable bonds is 2. The van der Waals surface area contributed by atoms with Crippen LogP contribution in [0.3, 0.4) is 0 Å². The van der Waals surface area contributed by atoms with Gasteiger partial charge in [0.25, 0.3) is 0 Å². The van der Waals surface area contributed by atoms with Crippen LogP contribution in [0.4, 0.5) is 10.1 Å². The zero-order chi connectivity index (χ0) is 12.6. The Balaban J connectivity index is 2.36. The lowest BCUT2D eigenvalue weighted by molar-refractivity contribution is -0.118. The molecule has 1 saturated heterocycles. The van der Waals surface area contributed by atoms with Crippen molar-refractivity contribution < 1.29 is 9.18 Å². The molecule has 0 radical (unpaired) electrons. The third-order valence-corrected chi connectivity index (χ3v) is 3.69. The molecule has 5 heteroatoms. The van der Waals surface area contributed by atoms with Gasteiger partial charge in [0, 0.05) is 12.2 Å². The Bertz CT molecular complexity index is 464. The largest absolute Gasteiger partial charge is 0.311 e. The highest BCUT2D eigenvalue weighted by Crippen LogP contribution is 2.29. The number of carbonyl (C=O) groups excluding carboxylic acids is 1. The highest BCUT2D eigenvalue weighted by Gasteiger charge is 2.32. The summed E-state index contributed by atoms with van der Waals surface area (Å²) >= 11 is 3.14. The number of hydrogen-bond donors (Lipinski definition) is 1. The predicted molar refractivity (Wildman–Crippen MR) is 68.7 cm³/mol. The Kier molecular flexibility index (Phi) is 3.49. The van der Waals surface area contributed by atoms with Gasteiger partial charge in [-0.25, -0.2) is 4.39 Å². The molecule has 0 aromatic heterocycles. The van der Waals surface area contributed by atoms with Crippen LogP contribution in [-0.2, 0) is 4.79 Å². The third-order valence-electron chi connectivity index (χ3n) is 3.08. The van der Waals surface area contributed by atoms with E-state index in [1.165, 1.54) is 6.07 Å². The van der Waals surface area contributed by atoms with Crippen LogP contribution in [-0.4, -0.2) is 25.5 Å². The smallest absolute Gasteiger partial charge is 0.244 e. The van der Waals surface area contributed by atoms with Crippen molar-refractivity contribution in [3.8, 4) is 0 Å². The van der Waals surface area contributed by atoms with Crippen LogP contribution in [0.15, 0.2) is 16.6 Å². The van der Waals surface area contributed by atoms with Crippen LogP contribution < -0.4 is 10.2 Å². The second-order valence-electron chi connectivity index (χ2n) is 4.17. The minimum absolute atomic E-state index is 0.0114. The number of hydrogen-bond acceptors (Lipinski definition) is 2. The zero-order valence-electron chi connectivity index (χ0n) is 9.76. The molecule has 1 fully saturated rings. The molecule has 3 nitrogen and oxygen atoms in total.